The fraction of sp³-hybridized carbons (Fsp3) is 0.308. The summed E-state index contributed by atoms with van der Waals surface area (Å²) in [7, 11) is 1.87. The molecule has 0 aliphatic rings. The number of carbonyl (C=O) groups is 1. The predicted octanol–water partition coefficient (Wildman–Crippen LogP) is 4.87. The molecule has 6 heteroatoms. The van der Waals surface area contributed by atoms with Crippen LogP contribution in [0.15, 0.2) is 48.5 Å². The molecule has 0 saturated carbocycles. The first kappa shape index (κ1) is 33.9. The van der Waals surface area contributed by atoms with Crippen molar-refractivity contribution in [1.82, 2.24) is 0 Å². The molecule has 2 aromatic rings. The topological polar surface area (TPSA) is 80.0 Å². The molecule has 0 unspecified atom stereocenters. The van der Waals surface area contributed by atoms with Crippen LogP contribution in [0.5, 0.6) is 0 Å². The molecule has 0 aromatic heterocycles. The Morgan fingerprint density at radius 2 is 1.47 bits per heavy atom. The van der Waals surface area contributed by atoms with Crippen molar-refractivity contribution >= 4 is 11.6 Å². The van der Waals surface area contributed by atoms with Gasteiger partial charge in [0.2, 0.25) is 5.91 Å². The summed E-state index contributed by atoms with van der Waals surface area (Å²) in [6.45, 7) is 21.4. The van der Waals surface area contributed by atoms with Gasteiger partial charge in [0.15, 0.2) is 0 Å². The predicted molar refractivity (Wildman–Crippen MR) is 117 cm³/mol. The van der Waals surface area contributed by atoms with E-state index >= 15 is 0 Å². The number of nitrogens with zero attached hydrogens (tertiary/aromatic N) is 1. The van der Waals surface area contributed by atoms with Gasteiger partial charge in [0.25, 0.3) is 0 Å². The molecule has 0 spiro atoms. The van der Waals surface area contributed by atoms with Crippen LogP contribution in [0, 0.1) is 44.1 Å². The van der Waals surface area contributed by atoms with Crippen LogP contribution in [0.2, 0.25) is 0 Å². The number of anilines is 1. The summed E-state index contributed by atoms with van der Waals surface area (Å²) in [6.07, 6.45) is 1.60. The van der Waals surface area contributed by atoms with Gasteiger partial charge in [0.05, 0.1) is 0 Å². The Kier molecular flexibility index (Phi) is 20.0. The van der Waals surface area contributed by atoms with Crippen LogP contribution in [0.25, 0.3) is 0 Å². The summed E-state index contributed by atoms with van der Waals surface area (Å²) >= 11 is 0. The van der Waals surface area contributed by atoms with E-state index in [0.717, 1.165) is 29.7 Å². The number of hydrogen-bond acceptors (Lipinski definition) is 1. The second kappa shape index (κ2) is 18.9. The first-order valence-corrected chi connectivity index (χ1v) is 9.32. The molecule has 166 valence electrons. The minimum absolute atomic E-state index is 0. The van der Waals surface area contributed by atoms with Crippen molar-refractivity contribution in [1.29, 1.82) is 0 Å². The molecule has 2 rings (SSSR count). The molecule has 0 fully saturated rings. The van der Waals surface area contributed by atoms with Crippen LogP contribution in [0.4, 0.5) is 5.69 Å². The van der Waals surface area contributed by atoms with Gasteiger partial charge in [0, 0.05) is 47.5 Å². The van der Waals surface area contributed by atoms with Crippen molar-refractivity contribution in [2.75, 3.05) is 11.9 Å². The second-order valence-corrected chi connectivity index (χ2v) is 7.36. The molecule has 0 saturated heterocycles. The van der Waals surface area contributed by atoms with Gasteiger partial charge < -0.3 is 4.90 Å². The Balaban J connectivity index is -0.00000111. The third-order valence-electron chi connectivity index (χ3n) is 4.13. The van der Waals surface area contributed by atoms with Crippen molar-refractivity contribution in [2.45, 2.75) is 40.5 Å². The molecule has 1 amide bonds. The van der Waals surface area contributed by atoms with Gasteiger partial charge in [-0.1, -0.05) is 69.0 Å². The van der Waals surface area contributed by atoms with Crippen LogP contribution in [0.3, 0.4) is 0 Å². The molecule has 32 heavy (non-hydrogen) atoms. The first-order valence-electron chi connectivity index (χ1n) is 9.32. The molecule has 0 heterocycles. The van der Waals surface area contributed by atoms with E-state index in [-0.39, 0.29) is 23.3 Å². The Labute approximate surface area is 202 Å². The molecule has 0 aliphatic heterocycles. The van der Waals surface area contributed by atoms with Crippen LogP contribution < -0.4 is 4.90 Å². The number of para-hydroxylation sites is 1. The fourth-order valence-corrected chi connectivity index (χ4v) is 2.89. The minimum atomic E-state index is -0.401. The third-order valence-corrected chi connectivity index (χ3v) is 4.13. The summed E-state index contributed by atoms with van der Waals surface area (Å²) in [5.41, 5.74) is 3.94. The maximum atomic E-state index is 12.7. The molecule has 0 bridgehead atoms. The number of benzene rings is 2. The van der Waals surface area contributed by atoms with Gasteiger partial charge in [-0.25, -0.2) is 0 Å². The molecular formula is C26H27CrNO4. The zero-order valence-corrected chi connectivity index (χ0v) is 20.3. The van der Waals surface area contributed by atoms with E-state index in [1.54, 1.807) is 4.90 Å². The Morgan fingerprint density at radius 1 is 0.938 bits per heavy atom. The number of aryl methyl sites for hydroxylation is 2. The zero-order valence-electron chi connectivity index (χ0n) is 19.0. The van der Waals surface area contributed by atoms with E-state index in [1.807, 2.05) is 64.2 Å². The molecule has 2 aromatic carbocycles. The summed E-state index contributed by atoms with van der Waals surface area (Å²) in [5, 5.41) is 0. The Morgan fingerprint density at radius 3 is 1.97 bits per heavy atom. The zero-order chi connectivity index (χ0) is 24.4. The van der Waals surface area contributed by atoms with Crippen molar-refractivity contribution in [3.8, 4) is 11.8 Å². The monoisotopic (exact) mass is 469 g/mol. The van der Waals surface area contributed by atoms with Crippen molar-refractivity contribution in [3.63, 3.8) is 0 Å². The quantitative estimate of drug-likeness (QED) is 0.359. The number of hydrogen-bond donors (Lipinski definition) is 0. The van der Waals surface area contributed by atoms with Crippen LogP contribution in [-0.2, 0) is 42.5 Å². The molecular weight excluding hydrogens is 442 g/mol. The van der Waals surface area contributed by atoms with E-state index in [4.69, 9.17) is 14.0 Å². The number of amides is 1. The van der Waals surface area contributed by atoms with E-state index in [9.17, 15) is 4.79 Å². The molecule has 0 aliphatic carbocycles. The van der Waals surface area contributed by atoms with E-state index in [1.165, 1.54) is 5.56 Å². The van der Waals surface area contributed by atoms with E-state index in [2.05, 4.69) is 50.8 Å². The molecule has 0 radical (unpaired) electrons. The largest absolute Gasteiger partial charge is 0 e. The first-order chi connectivity index (χ1) is 14.8. The maximum absolute atomic E-state index is 12.7. The van der Waals surface area contributed by atoms with Crippen LogP contribution in [-0.4, -0.2) is 13.0 Å². The Bertz CT molecular complexity index is 915. The van der Waals surface area contributed by atoms with Gasteiger partial charge in [-0.15, -0.1) is 0 Å². The maximum Gasteiger partial charge on any atom is 0 e. The number of rotatable bonds is 3. The molecule has 5 nitrogen and oxygen atoms in total. The van der Waals surface area contributed by atoms with Crippen molar-refractivity contribution in [2.24, 2.45) is 5.41 Å². The van der Waals surface area contributed by atoms with Crippen LogP contribution >= 0.6 is 0 Å². The van der Waals surface area contributed by atoms with Gasteiger partial charge >= 0.3 is 33.9 Å². The van der Waals surface area contributed by atoms with E-state index in [0.29, 0.717) is 0 Å². The molecule has 0 N–H and O–H groups in total. The summed E-state index contributed by atoms with van der Waals surface area (Å²) in [6, 6.07) is 16.2. The molecule has 0 atom stereocenters. The summed E-state index contributed by atoms with van der Waals surface area (Å²) in [5.74, 6) is 6.56. The minimum Gasteiger partial charge on any atom is 0 e. The van der Waals surface area contributed by atoms with Gasteiger partial charge in [-0.2, -0.15) is 0 Å². The SMILES string of the molecule is Cc1cccc(CCC#Cc2ccccc2)c1N(C)C(=O)C(C)(C)C.[C-]#[O+].[C-]#[O+].[C-]#[O+].[Cr]. The average molecular weight is 470 g/mol. The average Bonchev–Trinajstić information content (AvgIpc) is 2.80. The number of carbonyl (C=O) groups excluding carboxylic acids is 1. The van der Waals surface area contributed by atoms with Crippen molar-refractivity contribution in [3.05, 3.63) is 85.2 Å². The van der Waals surface area contributed by atoms with Gasteiger partial charge in [-0.3, -0.25) is 4.79 Å². The standard InChI is InChI=1S/C23H27NO.3CO.Cr/c1-18-12-11-17-20(21(18)24(5)22(25)23(2,3)4)16-10-9-15-19-13-7-6-8-14-19;3*1-2;/h6-8,11-14,17H,10,16H2,1-5H3;;;;. The third kappa shape index (κ3) is 11.6. The van der Waals surface area contributed by atoms with Crippen LogP contribution in [0.1, 0.15) is 43.9 Å². The normalized spacial score (nSPS) is 8.59. The van der Waals surface area contributed by atoms with Gasteiger partial charge in [0.1, 0.15) is 0 Å². The second-order valence-electron chi connectivity index (χ2n) is 7.36. The summed E-state index contributed by atoms with van der Waals surface area (Å²) < 4.78 is 22.5. The van der Waals surface area contributed by atoms with E-state index < -0.39 is 5.41 Å². The van der Waals surface area contributed by atoms with Crippen molar-refractivity contribution < 1.29 is 36.1 Å². The smallest absolute Gasteiger partial charge is 0 e. The van der Waals surface area contributed by atoms with Gasteiger partial charge in [-0.05, 0) is 36.6 Å². The Hall–Kier alpha value is -2.78. The summed E-state index contributed by atoms with van der Waals surface area (Å²) in [4.78, 5) is 14.5. The fourth-order valence-electron chi connectivity index (χ4n) is 2.89.